The van der Waals surface area contributed by atoms with Gasteiger partial charge in [-0.25, -0.2) is 4.98 Å². The van der Waals surface area contributed by atoms with E-state index in [1.54, 1.807) is 11.3 Å². The molecule has 5 heteroatoms. The summed E-state index contributed by atoms with van der Waals surface area (Å²) in [5.74, 6) is 0.0277. The minimum absolute atomic E-state index is 0.0277. The normalized spacial score (nSPS) is 10.7. The van der Waals surface area contributed by atoms with Crippen molar-refractivity contribution in [3.8, 4) is 21.0 Å². The van der Waals surface area contributed by atoms with E-state index in [1.165, 1.54) is 27.3 Å². The summed E-state index contributed by atoms with van der Waals surface area (Å²) in [5, 5.41) is 5.51. The Morgan fingerprint density at radius 3 is 2.61 bits per heavy atom. The van der Waals surface area contributed by atoms with Crippen LogP contribution in [0.15, 0.2) is 41.8 Å². The van der Waals surface area contributed by atoms with Gasteiger partial charge in [0.25, 0.3) is 0 Å². The van der Waals surface area contributed by atoms with Gasteiger partial charge in [0.2, 0.25) is 5.91 Å². The molecule has 1 amide bonds. The monoisotopic (exact) mass is 342 g/mol. The molecule has 118 valence electrons. The first-order valence-electron chi connectivity index (χ1n) is 7.58. The minimum atomic E-state index is 0.0277. The van der Waals surface area contributed by atoms with Crippen molar-refractivity contribution in [2.45, 2.75) is 26.7 Å². The number of thiazole rings is 1. The Hall–Kier alpha value is -1.98. The van der Waals surface area contributed by atoms with E-state index in [0.717, 1.165) is 17.0 Å². The van der Waals surface area contributed by atoms with E-state index in [1.807, 2.05) is 12.3 Å². The highest BCUT2D eigenvalue weighted by Gasteiger charge is 2.10. The van der Waals surface area contributed by atoms with E-state index in [9.17, 15) is 4.79 Å². The van der Waals surface area contributed by atoms with Crippen molar-refractivity contribution in [1.29, 1.82) is 0 Å². The summed E-state index contributed by atoms with van der Waals surface area (Å²) in [7, 11) is 0. The number of anilines is 1. The van der Waals surface area contributed by atoms with Gasteiger partial charge >= 0.3 is 0 Å². The molecule has 0 aliphatic rings. The molecule has 0 aliphatic carbocycles. The SMILES string of the molecule is CCCC(=O)Nc1nc(-c2ccc(-c3ccc(C)cc3)s2)cs1. The van der Waals surface area contributed by atoms with Gasteiger partial charge in [-0.15, -0.1) is 22.7 Å². The Morgan fingerprint density at radius 2 is 1.87 bits per heavy atom. The second-order valence-corrected chi connectivity index (χ2v) is 7.31. The number of carbonyl (C=O) groups excluding carboxylic acids is 1. The Balaban J connectivity index is 1.77. The van der Waals surface area contributed by atoms with Gasteiger partial charge in [0, 0.05) is 16.7 Å². The molecule has 0 radical (unpaired) electrons. The van der Waals surface area contributed by atoms with Crippen molar-refractivity contribution in [3.05, 3.63) is 47.3 Å². The van der Waals surface area contributed by atoms with Crippen molar-refractivity contribution in [2.24, 2.45) is 0 Å². The third-order valence-corrected chi connectivity index (χ3v) is 5.34. The number of hydrogen-bond acceptors (Lipinski definition) is 4. The number of rotatable bonds is 5. The first-order valence-corrected chi connectivity index (χ1v) is 9.28. The van der Waals surface area contributed by atoms with Crippen LogP contribution in [0.5, 0.6) is 0 Å². The van der Waals surface area contributed by atoms with Crippen molar-refractivity contribution in [1.82, 2.24) is 4.98 Å². The first-order chi connectivity index (χ1) is 11.2. The highest BCUT2D eigenvalue weighted by Crippen LogP contribution is 2.35. The highest BCUT2D eigenvalue weighted by atomic mass is 32.1. The summed E-state index contributed by atoms with van der Waals surface area (Å²) in [4.78, 5) is 18.5. The average Bonchev–Trinajstić information content (AvgIpc) is 3.17. The van der Waals surface area contributed by atoms with Crippen LogP contribution in [0.1, 0.15) is 25.3 Å². The van der Waals surface area contributed by atoms with Gasteiger partial charge in [0.1, 0.15) is 0 Å². The maximum absolute atomic E-state index is 11.6. The zero-order chi connectivity index (χ0) is 16.2. The summed E-state index contributed by atoms with van der Waals surface area (Å²) in [6, 6.07) is 12.7. The van der Waals surface area contributed by atoms with Gasteiger partial charge in [-0.1, -0.05) is 36.8 Å². The average molecular weight is 342 g/mol. The molecular weight excluding hydrogens is 324 g/mol. The Bertz CT molecular complexity index is 803. The summed E-state index contributed by atoms with van der Waals surface area (Å²) in [6.45, 7) is 4.08. The molecule has 1 N–H and O–H groups in total. The quantitative estimate of drug-likeness (QED) is 0.657. The maximum atomic E-state index is 11.6. The van der Waals surface area contributed by atoms with Crippen molar-refractivity contribution < 1.29 is 4.79 Å². The highest BCUT2D eigenvalue weighted by molar-refractivity contribution is 7.19. The van der Waals surface area contributed by atoms with E-state index in [0.29, 0.717) is 11.6 Å². The van der Waals surface area contributed by atoms with Crippen LogP contribution in [-0.2, 0) is 4.79 Å². The molecule has 0 bridgehead atoms. The summed E-state index contributed by atoms with van der Waals surface area (Å²) >= 11 is 3.19. The van der Waals surface area contributed by atoms with Gasteiger partial charge in [-0.3, -0.25) is 4.79 Å². The predicted molar refractivity (Wildman–Crippen MR) is 99.1 cm³/mol. The molecule has 3 rings (SSSR count). The lowest BCUT2D eigenvalue weighted by Gasteiger charge is -1.98. The smallest absolute Gasteiger partial charge is 0.226 e. The zero-order valence-corrected chi connectivity index (χ0v) is 14.8. The van der Waals surface area contributed by atoms with E-state index in [2.05, 4.69) is 53.6 Å². The maximum Gasteiger partial charge on any atom is 0.226 e. The van der Waals surface area contributed by atoms with E-state index in [-0.39, 0.29) is 5.91 Å². The first kappa shape index (κ1) is 15.9. The fraction of sp³-hybridized carbons (Fsp3) is 0.222. The molecule has 0 saturated heterocycles. The molecule has 23 heavy (non-hydrogen) atoms. The third kappa shape index (κ3) is 3.86. The number of amides is 1. The van der Waals surface area contributed by atoms with E-state index in [4.69, 9.17) is 0 Å². The number of nitrogens with zero attached hydrogens (tertiary/aromatic N) is 1. The molecular formula is C18H18N2OS2. The molecule has 3 nitrogen and oxygen atoms in total. The molecule has 0 fully saturated rings. The number of aryl methyl sites for hydroxylation is 1. The summed E-state index contributed by atoms with van der Waals surface area (Å²) in [6.07, 6.45) is 1.38. The van der Waals surface area contributed by atoms with Crippen LogP contribution in [0, 0.1) is 6.92 Å². The predicted octanol–water partition coefficient (Wildman–Crippen LogP) is 5.59. The Kier molecular flexibility index (Phi) is 4.88. The van der Waals surface area contributed by atoms with Crippen LogP contribution in [-0.4, -0.2) is 10.9 Å². The number of thiophene rings is 1. The molecule has 2 heterocycles. The number of hydrogen-bond donors (Lipinski definition) is 1. The molecule has 3 aromatic rings. The van der Waals surface area contributed by atoms with Crippen LogP contribution < -0.4 is 5.32 Å². The zero-order valence-electron chi connectivity index (χ0n) is 13.1. The standard InChI is InChI=1S/C18H18N2OS2/c1-3-4-17(21)20-18-19-14(11-22-18)16-10-9-15(23-16)13-7-5-12(2)6-8-13/h5-11H,3-4H2,1-2H3,(H,19,20,21). The summed E-state index contributed by atoms with van der Waals surface area (Å²) < 4.78 is 0. The van der Waals surface area contributed by atoms with Crippen LogP contribution in [0.4, 0.5) is 5.13 Å². The lowest BCUT2D eigenvalue weighted by molar-refractivity contribution is -0.116. The number of benzene rings is 1. The van der Waals surface area contributed by atoms with Gasteiger partial charge in [0.05, 0.1) is 10.6 Å². The van der Waals surface area contributed by atoms with Crippen molar-refractivity contribution in [2.75, 3.05) is 5.32 Å². The second kappa shape index (κ2) is 7.06. The fourth-order valence-corrected chi connectivity index (χ4v) is 3.98. The third-order valence-electron chi connectivity index (χ3n) is 3.42. The molecule has 0 unspecified atom stereocenters. The van der Waals surface area contributed by atoms with E-state index < -0.39 is 0 Å². The molecule has 0 saturated carbocycles. The molecule has 0 aliphatic heterocycles. The van der Waals surface area contributed by atoms with Gasteiger partial charge in [-0.05, 0) is 31.0 Å². The number of nitrogens with one attached hydrogen (secondary N) is 1. The topological polar surface area (TPSA) is 42.0 Å². The second-order valence-electron chi connectivity index (χ2n) is 5.37. The largest absolute Gasteiger partial charge is 0.302 e. The minimum Gasteiger partial charge on any atom is -0.302 e. The van der Waals surface area contributed by atoms with Crippen LogP contribution in [0.2, 0.25) is 0 Å². The summed E-state index contributed by atoms with van der Waals surface area (Å²) in [5.41, 5.74) is 3.40. The van der Waals surface area contributed by atoms with Crippen molar-refractivity contribution >= 4 is 33.7 Å². The Labute approximate surface area is 144 Å². The van der Waals surface area contributed by atoms with Crippen LogP contribution >= 0.6 is 22.7 Å². The fourth-order valence-electron chi connectivity index (χ4n) is 2.20. The lowest BCUT2D eigenvalue weighted by Crippen LogP contribution is -2.10. The van der Waals surface area contributed by atoms with Gasteiger partial charge in [0.15, 0.2) is 5.13 Å². The molecule has 1 aromatic carbocycles. The molecule has 2 aromatic heterocycles. The van der Waals surface area contributed by atoms with Crippen molar-refractivity contribution in [3.63, 3.8) is 0 Å². The Morgan fingerprint density at radius 1 is 1.13 bits per heavy atom. The number of carbonyl (C=O) groups is 1. The van der Waals surface area contributed by atoms with Crippen LogP contribution in [0.25, 0.3) is 21.0 Å². The van der Waals surface area contributed by atoms with Crippen LogP contribution in [0.3, 0.4) is 0 Å². The van der Waals surface area contributed by atoms with Gasteiger partial charge < -0.3 is 5.32 Å². The molecule has 0 spiro atoms. The van der Waals surface area contributed by atoms with E-state index >= 15 is 0 Å². The van der Waals surface area contributed by atoms with Gasteiger partial charge in [-0.2, -0.15) is 0 Å². The molecule has 0 atom stereocenters. The number of aromatic nitrogens is 1. The lowest BCUT2D eigenvalue weighted by atomic mass is 10.1.